The van der Waals surface area contributed by atoms with Crippen LogP contribution in [0.3, 0.4) is 0 Å². The lowest BCUT2D eigenvalue weighted by molar-refractivity contribution is 0.0543. The molecule has 1 saturated carbocycles. The van der Waals surface area contributed by atoms with Gasteiger partial charge in [0.25, 0.3) is 11.8 Å². The fourth-order valence-corrected chi connectivity index (χ4v) is 4.52. The summed E-state index contributed by atoms with van der Waals surface area (Å²) in [6.07, 6.45) is 1.94. The maximum atomic E-state index is 13.9. The molecule has 4 rings (SSSR count). The first-order valence-electron chi connectivity index (χ1n) is 10.6. The number of aromatic nitrogens is 1. The smallest absolute Gasteiger partial charge is 0.274 e. The van der Waals surface area contributed by atoms with Crippen molar-refractivity contribution in [3.8, 4) is 5.75 Å². The van der Waals surface area contributed by atoms with Crippen LogP contribution >= 0.6 is 0 Å². The van der Waals surface area contributed by atoms with E-state index in [4.69, 9.17) is 4.74 Å². The van der Waals surface area contributed by atoms with Gasteiger partial charge in [-0.05, 0) is 26.3 Å². The Morgan fingerprint density at radius 1 is 1.33 bits per heavy atom. The average molecular weight is 461 g/mol. The Morgan fingerprint density at radius 3 is 2.70 bits per heavy atom. The van der Waals surface area contributed by atoms with Crippen LogP contribution in [-0.2, 0) is 16.8 Å². The van der Waals surface area contributed by atoms with Gasteiger partial charge in [-0.25, -0.2) is 8.78 Å². The molecule has 1 aliphatic carbocycles. The summed E-state index contributed by atoms with van der Waals surface area (Å²) in [5, 5.41) is 13.1. The highest BCUT2D eigenvalue weighted by molar-refractivity contribution is 5.99. The second-order valence-electron chi connectivity index (χ2n) is 8.84. The minimum atomic E-state index is -0.989. The summed E-state index contributed by atoms with van der Waals surface area (Å²) in [5.74, 6) is -3.68. The number of carbonyl (C=O) groups is 2. The maximum Gasteiger partial charge on any atom is 0.274 e. The number of pyridine rings is 1. The second-order valence-corrected chi connectivity index (χ2v) is 8.84. The van der Waals surface area contributed by atoms with E-state index in [0.717, 1.165) is 6.07 Å². The van der Waals surface area contributed by atoms with E-state index in [1.807, 2.05) is 13.8 Å². The number of ether oxygens (including phenoxy) is 1. The average Bonchev–Trinajstić information content (AvgIpc) is 3.44. The zero-order chi connectivity index (χ0) is 24.1. The van der Waals surface area contributed by atoms with Crippen molar-refractivity contribution in [1.82, 2.24) is 14.8 Å². The normalized spacial score (nSPS) is 21.5. The number of benzene rings is 1. The quantitative estimate of drug-likeness (QED) is 0.685. The predicted molar refractivity (Wildman–Crippen MR) is 114 cm³/mol. The molecule has 0 unspecified atom stereocenters. The largest absolute Gasteiger partial charge is 0.503 e. The second kappa shape index (κ2) is 8.26. The van der Waals surface area contributed by atoms with E-state index in [2.05, 4.69) is 5.32 Å². The van der Waals surface area contributed by atoms with Crippen LogP contribution in [-0.4, -0.2) is 52.7 Å². The molecule has 8 nitrogen and oxygen atoms in total. The van der Waals surface area contributed by atoms with Crippen molar-refractivity contribution < 1.29 is 28.2 Å². The van der Waals surface area contributed by atoms with Gasteiger partial charge in [-0.3, -0.25) is 14.4 Å². The van der Waals surface area contributed by atoms with Gasteiger partial charge < -0.3 is 24.6 Å². The first kappa shape index (κ1) is 22.9. The van der Waals surface area contributed by atoms with E-state index in [1.165, 1.54) is 16.8 Å². The Kier molecular flexibility index (Phi) is 5.73. The standard InChI is InChI=1S/C23H25F2N3O5/c1-12(2)27-11-23(7-14(23)10-33-3)28-9-16(19(29)20(30)18(28)22(27)32)21(31)26-8-13-4-5-15(24)6-17(13)25/h4-6,9,12,14,30H,7-8,10-11H2,1-3H3,(H,26,31)/t14-,23-/m0/s1. The number of rotatable bonds is 6. The number of aromatic hydroxyl groups is 1. The lowest BCUT2D eigenvalue weighted by Crippen LogP contribution is -2.52. The Balaban J connectivity index is 1.72. The Labute approximate surface area is 188 Å². The lowest BCUT2D eigenvalue weighted by atomic mass is 10.0. The summed E-state index contributed by atoms with van der Waals surface area (Å²) >= 11 is 0. The molecule has 1 fully saturated rings. The number of fused-ring (bicyclic) bond motifs is 2. The highest BCUT2D eigenvalue weighted by atomic mass is 19.1. The topological polar surface area (TPSA) is 101 Å². The van der Waals surface area contributed by atoms with E-state index in [9.17, 15) is 28.3 Å². The SMILES string of the molecule is COC[C@@H]1C[C@]12CN(C(C)C)C(=O)c1c(O)c(=O)c(C(=O)NCc3ccc(F)cc3F)cn12. The molecule has 176 valence electrons. The van der Waals surface area contributed by atoms with Gasteiger partial charge in [-0.1, -0.05) is 6.07 Å². The molecule has 2 amide bonds. The summed E-state index contributed by atoms with van der Waals surface area (Å²) < 4.78 is 33.8. The zero-order valence-corrected chi connectivity index (χ0v) is 18.5. The number of hydrogen-bond donors (Lipinski definition) is 2. The van der Waals surface area contributed by atoms with E-state index >= 15 is 0 Å². The van der Waals surface area contributed by atoms with Crippen molar-refractivity contribution in [3.05, 3.63) is 63.1 Å². The number of hydrogen-bond acceptors (Lipinski definition) is 5. The molecule has 1 spiro atoms. The van der Waals surface area contributed by atoms with Crippen molar-refractivity contribution in [2.45, 2.75) is 38.4 Å². The van der Waals surface area contributed by atoms with Crippen LogP contribution in [0.25, 0.3) is 0 Å². The van der Waals surface area contributed by atoms with E-state index in [1.54, 1.807) is 12.0 Å². The van der Waals surface area contributed by atoms with Crippen molar-refractivity contribution >= 4 is 11.8 Å². The van der Waals surface area contributed by atoms with Gasteiger partial charge in [0.1, 0.15) is 17.2 Å². The maximum absolute atomic E-state index is 13.9. The highest BCUT2D eigenvalue weighted by Crippen LogP contribution is 2.54. The molecule has 2 atom stereocenters. The fraction of sp³-hybridized carbons (Fsp3) is 0.435. The van der Waals surface area contributed by atoms with Crippen LogP contribution in [0.15, 0.2) is 29.2 Å². The molecule has 0 saturated heterocycles. The van der Waals surface area contributed by atoms with E-state index < -0.39 is 40.2 Å². The Bertz CT molecular complexity index is 1200. The summed E-state index contributed by atoms with van der Waals surface area (Å²) in [7, 11) is 1.57. The molecule has 2 aromatic rings. The number of carbonyl (C=O) groups excluding carboxylic acids is 2. The van der Waals surface area contributed by atoms with Crippen molar-refractivity contribution in [2.24, 2.45) is 5.92 Å². The zero-order valence-electron chi connectivity index (χ0n) is 18.5. The monoisotopic (exact) mass is 461 g/mol. The molecule has 2 aliphatic rings. The number of amides is 2. The van der Waals surface area contributed by atoms with Gasteiger partial charge in [0.05, 0.1) is 12.1 Å². The molecule has 1 aliphatic heterocycles. The van der Waals surface area contributed by atoms with Crippen LogP contribution in [0.2, 0.25) is 0 Å². The minimum Gasteiger partial charge on any atom is -0.503 e. The molecule has 1 aromatic carbocycles. The van der Waals surface area contributed by atoms with Gasteiger partial charge in [-0.2, -0.15) is 0 Å². The molecule has 2 N–H and O–H groups in total. The van der Waals surface area contributed by atoms with Gasteiger partial charge in [-0.15, -0.1) is 0 Å². The minimum absolute atomic E-state index is 0.0294. The van der Waals surface area contributed by atoms with Gasteiger partial charge in [0, 0.05) is 50.0 Å². The van der Waals surface area contributed by atoms with Crippen molar-refractivity contribution in [3.63, 3.8) is 0 Å². The van der Waals surface area contributed by atoms with Gasteiger partial charge in [0.2, 0.25) is 5.43 Å². The van der Waals surface area contributed by atoms with Crippen molar-refractivity contribution in [1.29, 1.82) is 0 Å². The fourth-order valence-electron chi connectivity index (χ4n) is 4.52. The van der Waals surface area contributed by atoms with E-state index in [-0.39, 0.29) is 35.3 Å². The summed E-state index contributed by atoms with van der Waals surface area (Å²) in [6, 6.07) is 2.79. The highest BCUT2D eigenvalue weighted by Gasteiger charge is 2.60. The number of nitrogens with zero attached hydrogens (tertiary/aromatic N) is 2. The van der Waals surface area contributed by atoms with Crippen LogP contribution in [0.5, 0.6) is 5.75 Å². The Morgan fingerprint density at radius 2 is 2.06 bits per heavy atom. The predicted octanol–water partition coefficient (Wildman–Crippen LogP) is 1.99. The first-order chi connectivity index (χ1) is 15.6. The van der Waals surface area contributed by atoms with Crippen molar-refractivity contribution in [2.75, 3.05) is 20.3 Å². The molecule has 2 heterocycles. The van der Waals surface area contributed by atoms with Crippen LogP contribution in [0.1, 0.15) is 46.7 Å². The third kappa shape index (κ3) is 3.78. The third-order valence-electron chi connectivity index (χ3n) is 6.46. The molecule has 0 bridgehead atoms. The molecular formula is C23H25F2N3O5. The molecule has 1 aromatic heterocycles. The number of methoxy groups -OCH3 is 1. The van der Waals surface area contributed by atoms with Crippen LogP contribution in [0.4, 0.5) is 8.78 Å². The van der Waals surface area contributed by atoms with E-state index in [0.29, 0.717) is 25.6 Å². The molecule has 0 radical (unpaired) electrons. The summed E-state index contributed by atoms with van der Waals surface area (Å²) in [4.78, 5) is 40.3. The molecule has 10 heteroatoms. The van der Waals surface area contributed by atoms with Gasteiger partial charge in [0.15, 0.2) is 11.4 Å². The first-order valence-corrected chi connectivity index (χ1v) is 10.6. The number of halogens is 2. The van der Waals surface area contributed by atoms with Crippen LogP contribution < -0.4 is 10.7 Å². The van der Waals surface area contributed by atoms with Gasteiger partial charge >= 0.3 is 0 Å². The van der Waals surface area contributed by atoms with Crippen LogP contribution in [0, 0.1) is 17.6 Å². The Hall–Kier alpha value is -3.27. The third-order valence-corrected chi connectivity index (χ3v) is 6.46. The number of nitrogens with one attached hydrogen (secondary N) is 1. The summed E-state index contributed by atoms with van der Waals surface area (Å²) in [5.41, 5.74) is -2.08. The lowest BCUT2D eigenvalue weighted by Gasteiger charge is -2.39. The molecular weight excluding hydrogens is 436 g/mol. The molecule has 33 heavy (non-hydrogen) atoms. The summed E-state index contributed by atoms with van der Waals surface area (Å²) in [6.45, 7) is 4.18.